The zero-order chi connectivity index (χ0) is 24.3. The molecule has 0 unspecified atom stereocenters. The van der Waals surface area contributed by atoms with E-state index in [1.807, 2.05) is 12.1 Å². The van der Waals surface area contributed by atoms with E-state index in [2.05, 4.69) is 46.5 Å². The summed E-state index contributed by atoms with van der Waals surface area (Å²) in [6, 6.07) is 16.8. The summed E-state index contributed by atoms with van der Waals surface area (Å²) in [7, 11) is 1.67. The standard InChI is InChI=1S/C22H26N2O2.C4H6O4/c1-25-21-9-5-8-19-20(23-26-22(19)21)11-10-17-12-14-24(15-13-17)16-18-6-3-2-4-7-18;5-3(6)1-2-4(7)8/h2-9,17H,10-16H2,1H3;1-3,5-6H,(H,7,8)/b;2-1+. The fourth-order valence-electron chi connectivity index (χ4n) is 4.11. The molecule has 0 spiro atoms. The van der Waals surface area contributed by atoms with E-state index in [1.54, 1.807) is 7.11 Å². The zero-order valence-electron chi connectivity index (χ0n) is 19.3. The summed E-state index contributed by atoms with van der Waals surface area (Å²) < 4.78 is 10.9. The Balaban J connectivity index is 0.000000350. The lowest BCUT2D eigenvalue weighted by Gasteiger charge is -2.31. The molecular formula is C26H32N2O6. The number of fused-ring (bicyclic) bond motifs is 1. The van der Waals surface area contributed by atoms with Crippen LogP contribution in [0.5, 0.6) is 5.75 Å². The van der Waals surface area contributed by atoms with Gasteiger partial charge in [0.05, 0.1) is 12.8 Å². The second-order valence-electron chi connectivity index (χ2n) is 8.32. The van der Waals surface area contributed by atoms with Crippen molar-refractivity contribution in [2.24, 2.45) is 5.92 Å². The second-order valence-corrected chi connectivity index (χ2v) is 8.32. The Morgan fingerprint density at radius 2 is 1.91 bits per heavy atom. The van der Waals surface area contributed by atoms with Gasteiger partial charge in [0.1, 0.15) is 0 Å². The normalized spacial score (nSPS) is 14.9. The van der Waals surface area contributed by atoms with Crippen LogP contribution >= 0.6 is 0 Å². The number of methoxy groups -OCH3 is 1. The molecule has 1 aliphatic rings. The predicted molar refractivity (Wildman–Crippen MR) is 128 cm³/mol. The van der Waals surface area contributed by atoms with Crippen LogP contribution < -0.4 is 4.74 Å². The van der Waals surface area contributed by atoms with E-state index in [-0.39, 0.29) is 0 Å². The van der Waals surface area contributed by atoms with Crippen LogP contribution in [-0.4, -0.2) is 57.8 Å². The summed E-state index contributed by atoms with van der Waals surface area (Å²) in [5.41, 5.74) is 3.24. The van der Waals surface area contributed by atoms with Crippen molar-refractivity contribution in [2.75, 3.05) is 20.2 Å². The lowest BCUT2D eigenvalue weighted by molar-refractivity contribution is -0.131. The highest BCUT2D eigenvalue weighted by atomic mass is 16.5. The second kappa shape index (κ2) is 12.9. The SMILES string of the molecule is COc1cccc2c(CCC3CCN(Cc4ccccc4)CC3)noc12.O=C(O)/C=C/C(O)O. The molecule has 182 valence electrons. The molecule has 2 aromatic carbocycles. The van der Waals surface area contributed by atoms with Gasteiger partial charge in [-0.25, -0.2) is 4.79 Å². The molecule has 0 atom stereocenters. The van der Waals surface area contributed by atoms with Crippen LogP contribution in [0.4, 0.5) is 0 Å². The predicted octanol–water partition coefficient (Wildman–Crippen LogP) is 3.62. The first-order valence-electron chi connectivity index (χ1n) is 11.4. The van der Waals surface area contributed by atoms with Crippen molar-refractivity contribution in [3.63, 3.8) is 0 Å². The minimum Gasteiger partial charge on any atom is -0.493 e. The molecule has 0 amide bonds. The Labute approximate surface area is 199 Å². The van der Waals surface area contributed by atoms with Gasteiger partial charge in [-0.1, -0.05) is 41.6 Å². The van der Waals surface area contributed by atoms with E-state index in [0.717, 1.165) is 47.4 Å². The minimum atomic E-state index is -1.67. The molecule has 4 rings (SSSR count). The smallest absolute Gasteiger partial charge is 0.328 e. The molecule has 1 aliphatic heterocycles. The molecule has 0 radical (unpaired) electrons. The summed E-state index contributed by atoms with van der Waals surface area (Å²) >= 11 is 0. The monoisotopic (exact) mass is 468 g/mol. The van der Waals surface area contributed by atoms with Crippen molar-refractivity contribution in [2.45, 2.75) is 38.5 Å². The molecule has 34 heavy (non-hydrogen) atoms. The van der Waals surface area contributed by atoms with Crippen molar-refractivity contribution in [1.29, 1.82) is 0 Å². The number of carboxylic acids is 1. The number of ether oxygens (including phenoxy) is 1. The number of aryl methyl sites for hydroxylation is 1. The van der Waals surface area contributed by atoms with Crippen LogP contribution in [0.3, 0.4) is 0 Å². The number of nitrogens with zero attached hydrogens (tertiary/aromatic N) is 2. The number of aliphatic hydroxyl groups is 2. The molecular weight excluding hydrogens is 436 g/mol. The highest BCUT2D eigenvalue weighted by molar-refractivity contribution is 5.84. The number of rotatable bonds is 8. The Morgan fingerprint density at radius 3 is 2.53 bits per heavy atom. The number of aromatic nitrogens is 1. The van der Waals surface area contributed by atoms with Gasteiger partial charge in [0.15, 0.2) is 12.0 Å². The van der Waals surface area contributed by atoms with Crippen LogP contribution in [0.15, 0.2) is 65.2 Å². The van der Waals surface area contributed by atoms with Gasteiger partial charge in [-0.2, -0.15) is 0 Å². The Bertz CT molecular complexity index is 1060. The number of hydrogen-bond acceptors (Lipinski definition) is 7. The summed E-state index contributed by atoms with van der Waals surface area (Å²) in [5.74, 6) is 0.341. The van der Waals surface area contributed by atoms with Gasteiger partial charge in [-0.3, -0.25) is 4.90 Å². The highest BCUT2D eigenvalue weighted by Crippen LogP contribution is 2.30. The molecule has 2 heterocycles. The maximum Gasteiger partial charge on any atom is 0.328 e. The summed E-state index contributed by atoms with van der Waals surface area (Å²) in [4.78, 5) is 12.2. The van der Waals surface area contributed by atoms with E-state index in [9.17, 15) is 4.79 Å². The number of piperidine rings is 1. The van der Waals surface area contributed by atoms with Gasteiger partial charge >= 0.3 is 5.97 Å². The largest absolute Gasteiger partial charge is 0.493 e. The molecule has 0 saturated carbocycles. The summed E-state index contributed by atoms with van der Waals surface area (Å²) in [5, 5.41) is 29.2. The summed E-state index contributed by atoms with van der Waals surface area (Å²) in [6.45, 7) is 3.45. The van der Waals surface area contributed by atoms with Gasteiger partial charge in [0.25, 0.3) is 0 Å². The number of para-hydroxylation sites is 1. The number of carbonyl (C=O) groups is 1. The fourth-order valence-corrected chi connectivity index (χ4v) is 4.11. The van der Waals surface area contributed by atoms with Gasteiger partial charge in [-0.15, -0.1) is 0 Å². The third kappa shape index (κ3) is 7.69. The summed E-state index contributed by atoms with van der Waals surface area (Å²) in [6.07, 6.45) is 4.43. The van der Waals surface area contributed by atoms with Crippen molar-refractivity contribution in [3.8, 4) is 5.75 Å². The van der Waals surface area contributed by atoms with Gasteiger partial charge in [0, 0.05) is 18.0 Å². The molecule has 1 fully saturated rings. The van der Waals surface area contributed by atoms with Crippen molar-refractivity contribution >= 4 is 16.9 Å². The fraction of sp³-hybridized carbons (Fsp3) is 0.385. The first kappa shape index (κ1) is 25.4. The van der Waals surface area contributed by atoms with Crippen molar-refractivity contribution < 1.29 is 29.4 Å². The van der Waals surface area contributed by atoms with E-state index in [4.69, 9.17) is 24.6 Å². The van der Waals surface area contributed by atoms with E-state index >= 15 is 0 Å². The van der Waals surface area contributed by atoms with Crippen LogP contribution in [-0.2, 0) is 17.8 Å². The van der Waals surface area contributed by atoms with E-state index in [0.29, 0.717) is 6.08 Å². The topological polar surface area (TPSA) is 116 Å². The van der Waals surface area contributed by atoms with E-state index < -0.39 is 12.3 Å². The van der Waals surface area contributed by atoms with Gasteiger partial charge in [-0.05, 0) is 68.5 Å². The third-order valence-electron chi connectivity index (χ3n) is 5.91. The van der Waals surface area contributed by atoms with Gasteiger partial charge < -0.3 is 24.6 Å². The van der Waals surface area contributed by atoms with Crippen LogP contribution in [0.1, 0.15) is 30.5 Å². The number of hydrogen-bond donors (Lipinski definition) is 3. The number of likely N-dealkylation sites (tertiary alicyclic amines) is 1. The first-order valence-corrected chi connectivity index (χ1v) is 11.4. The lowest BCUT2D eigenvalue weighted by atomic mass is 9.91. The molecule has 8 heteroatoms. The quantitative estimate of drug-likeness (QED) is 0.339. The molecule has 8 nitrogen and oxygen atoms in total. The van der Waals surface area contributed by atoms with Crippen LogP contribution in [0.2, 0.25) is 0 Å². The Morgan fingerprint density at radius 1 is 1.18 bits per heavy atom. The average molecular weight is 469 g/mol. The maximum absolute atomic E-state index is 9.59. The lowest BCUT2D eigenvalue weighted by Crippen LogP contribution is -2.33. The molecule has 0 bridgehead atoms. The molecule has 0 aliphatic carbocycles. The average Bonchev–Trinajstić information content (AvgIpc) is 3.27. The van der Waals surface area contributed by atoms with Crippen molar-refractivity contribution in [1.82, 2.24) is 10.1 Å². The number of benzene rings is 2. The van der Waals surface area contributed by atoms with Crippen molar-refractivity contribution in [3.05, 3.63) is 71.9 Å². The number of carboxylic acid groups (broad SMARTS) is 1. The highest BCUT2D eigenvalue weighted by Gasteiger charge is 2.20. The Kier molecular flexibility index (Phi) is 9.63. The molecule has 3 N–H and O–H groups in total. The molecule has 1 aromatic heterocycles. The molecule has 3 aromatic rings. The van der Waals surface area contributed by atoms with Crippen LogP contribution in [0.25, 0.3) is 11.0 Å². The Hall–Kier alpha value is -3.20. The van der Waals surface area contributed by atoms with E-state index in [1.165, 1.54) is 37.9 Å². The first-order chi connectivity index (χ1) is 16.5. The third-order valence-corrected chi connectivity index (χ3v) is 5.91. The minimum absolute atomic E-state index is 0.657. The number of aliphatic hydroxyl groups excluding tert-OH is 1. The number of aliphatic carboxylic acids is 1. The maximum atomic E-state index is 9.59. The molecule has 1 saturated heterocycles. The zero-order valence-corrected chi connectivity index (χ0v) is 19.3. The van der Waals surface area contributed by atoms with Gasteiger partial charge in [0.2, 0.25) is 5.58 Å². The van der Waals surface area contributed by atoms with Crippen LogP contribution in [0, 0.1) is 5.92 Å².